The number of hydrogen-bond acceptors (Lipinski definition) is 7. The minimum Gasteiger partial charge on any atom is -0.619 e. The van der Waals surface area contributed by atoms with Crippen molar-refractivity contribution in [1.29, 1.82) is 0 Å². The van der Waals surface area contributed by atoms with Crippen molar-refractivity contribution in [2.45, 2.75) is 6.61 Å². The standard InChI is InChI=1S/C27H23NO7/c1-32-22-15-20-19(14-23(22)35-16-17-7-5-4-6-8-17)13-21(26(29)33-2)25(27(30)34-3)24(20)18-9-11-28(31)12-10-18/h4-15H,16H2,1-3H3. The lowest BCUT2D eigenvalue weighted by atomic mass is 9.89. The molecule has 1 aromatic heterocycles. The molecular weight excluding hydrogens is 450 g/mol. The number of rotatable bonds is 7. The van der Waals surface area contributed by atoms with Gasteiger partial charge in [-0.2, -0.15) is 4.73 Å². The van der Waals surface area contributed by atoms with Crippen LogP contribution >= 0.6 is 0 Å². The van der Waals surface area contributed by atoms with Crippen molar-refractivity contribution in [2.75, 3.05) is 21.3 Å². The van der Waals surface area contributed by atoms with Crippen LogP contribution in [0.3, 0.4) is 0 Å². The van der Waals surface area contributed by atoms with Gasteiger partial charge in [0.15, 0.2) is 23.9 Å². The van der Waals surface area contributed by atoms with Crippen LogP contribution < -0.4 is 14.2 Å². The summed E-state index contributed by atoms with van der Waals surface area (Å²) >= 11 is 0. The van der Waals surface area contributed by atoms with Crippen LogP contribution in [0.4, 0.5) is 0 Å². The molecule has 1 heterocycles. The molecule has 0 fully saturated rings. The highest BCUT2D eigenvalue weighted by molar-refractivity contribution is 6.15. The predicted molar refractivity (Wildman–Crippen MR) is 128 cm³/mol. The topological polar surface area (TPSA) is 98.0 Å². The average molecular weight is 473 g/mol. The van der Waals surface area contributed by atoms with E-state index in [1.165, 1.54) is 33.7 Å². The molecule has 0 spiro atoms. The maximum absolute atomic E-state index is 12.9. The summed E-state index contributed by atoms with van der Waals surface area (Å²) in [5.41, 5.74) is 1.97. The van der Waals surface area contributed by atoms with E-state index in [-0.39, 0.29) is 11.1 Å². The molecule has 4 aromatic rings. The van der Waals surface area contributed by atoms with Crippen LogP contribution in [0.25, 0.3) is 21.9 Å². The maximum Gasteiger partial charge on any atom is 0.339 e. The lowest BCUT2D eigenvalue weighted by molar-refractivity contribution is -0.605. The summed E-state index contributed by atoms with van der Waals surface area (Å²) in [6.45, 7) is 0.307. The second-order valence-electron chi connectivity index (χ2n) is 7.60. The van der Waals surface area contributed by atoms with Gasteiger partial charge in [0, 0.05) is 17.7 Å². The zero-order valence-electron chi connectivity index (χ0n) is 19.4. The summed E-state index contributed by atoms with van der Waals surface area (Å²) in [6, 6.07) is 17.8. The first-order chi connectivity index (χ1) is 17.0. The highest BCUT2D eigenvalue weighted by Gasteiger charge is 2.27. The van der Waals surface area contributed by atoms with E-state index >= 15 is 0 Å². The summed E-state index contributed by atoms with van der Waals surface area (Å²) in [5, 5.41) is 12.9. The molecule has 0 saturated heterocycles. The Hall–Kier alpha value is -4.59. The van der Waals surface area contributed by atoms with Crippen LogP contribution in [-0.2, 0) is 16.1 Å². The van der Waals surface area contributed by atoms with Crippen molar-refractivity contribution in [1.82, 2.24) is 0 Å². The van der Waals surface area contributed by atoms with E-state index in [1.54, 1.807) is 30.3 Å². The van der Waals surface area contributed by atoms with E-state index in [2.05, 4.69) is 0 Å². The molecule has 0 bridgehead atoms. The van der Waals surface area contributed by atoms with Crippen molar-refractivity contribution in [3.63, 3.8) is 0 Å². The molecule has 0 aliphatic carbocycles. The van der Waals surface area contributed by atoms with E-state index in [4.69, 9.17) is 18.9 Å². The van der Waals surface area contributed by atoms with Gasteiger partial charge in [0.25, 0.3) is 0 Å². The third-order valence-electron chi connectivity index (χ3n) is 5.55. The van der Waals surface area contributed by atoms with E-state index in [1.807, 2.05) is 30.3 Å². The SMILES string of the molecule is COC(=O)c1cc2cc(OCc3ccccc3)c(OC)cc2c(-c2cc[n+]([O-])cc2)c1C(=O)OC. The van der Waals surface area contributed by atoms with Gasteiger partial charge >= 0.3 is 11.9 Å². The molecule has 3 aromatic carbocycles. The molecule has 0 unspecified atom stereocenters. The first kappa shape index (κ1) is 23.6. The fourth-order valence-electron chi connectivity index (χ4n) is 3.88. The fourth-order valence-corrected chi connectivity index (χ4v) is 3.88. The molecule has 0 aliphatic rings. The average Bonchev–Trinajstić information content (AvgIpc) is 2.90. The van der Waals surface area contributed by atoms with Crippen LogP contribution in [0.15, 0.2) is 73.1 Å². The molecule has 0 N–H and O–H groups in total. The molecule has 8 heteroatoms. The first-order valence-corrected chi connectivity index (χ1v) is 10.7. The van der Waals surface area contributed by atoms with Gasteiger partial charge in [-0.05, 0) is 40.1 Å². The molecule has 0 radical (unpaired) electrons. The van der Waals surface area contributed by atoms with Gasteiger partial charge in [-0.15, -0.1) is 0 Å². The monoisotopic (exact) mass is 473 g/mol. The molecular formula is C27H23NO7. The molecule has 35 heavy (non-hydrogen) atoms. The number of aromatic nitrogens is 1. The minimum absolute atomic E-state index is 0.0236. The number of benzene rings is 3. The van der Waals surface area contributed by atoms with E-state index < -0.39 is 11.9 Å². The highest BCUT2D eigenvalue weighted by Crippen LogP contribution is 2.41. The predicted octanol–water partition coefficient (Wildman–Crippen LogP) is 4.30. The second-order valence-corrected chi connectivity index (χ2v) is 7.60. The van der Waals surface area contributed by atoms with Gasteiger partial charge in [0.1, 0.15) is 6.61 Å². The van der Waals surface area contributed by atoms with E-state index in [0.29, 0.717) is 44.7 Å². The minimum atomic E-state index is -0.718. The van der Waals surface area contributed by atoms with Crippen molar-refractivity contribution >= 4 is 22.7 Å². The third kappa shape index (κ3) is 4.72. The smallest absolute Gasteiger partial charge is 0.339 e. The summed E-state index contributed by atoms with van der Waals surface area (Å²) in [7, 11) is 3.98. The largest absolute Gasteiger partial charge is 0.619 e. The number of pyridine rings is 1. The van der Waals surface area contributed by atoms with Crippen molar-refractivity contribution in [2.24, 2.45) is 0 Å². The molecule has 4 rings (SSSR count). The van der Waals surface area contributed by atoms with Crippen molar-refractivity contribution < 1.29 is 33.3 Å². The van der Waals surface area contributed by atoms with Crippen molar-refractivity contribution in [3.8, 4) is 22.6 Å². The molecule has 0 aliphatic heterocycles. The number of carbonyl (C=O) groups is 2. The number of fused-ring (bicyclic) bond motifs is 1. The number of esters is 2. The fraction of sp³-hybridized carbons (Fsp3) is 0.148. The normalized spacial score (nSPS) is 10.6. The number of hydrogen-bond donors (Lipinski definition) is 0. The molecule has 8 nitrogen and oxygen atoms in total. The Bertz CT molecular complexity index is 1380. The van der Waals surface area contributed by atoms with Crippen molar-refractivity contribution in [3.05, 3.63) is 95.0 Å². The molecule has 0 amide bonds. The van der Waals surface area contributed by atoms with Crippen LogP contribution in [0.5, 0.6) is 11.5 Å². The first-order valence-electron chi connectivity index (χ1n) is 10.7. The summed E-state index contributed by atoms with van der Waals surface area (Å²) < 4.78 is 22.2. The van der Waals surface area contributed by atoms with Crippen LogP contribution in [-0.4, -0.2) is 33.3 Å². The summed E-state index contributed by atoms with van der Waals surface area (Å²) in [6.07, 6.45) is 2.61. The van der Waals surface area contributed by atoms with Gasteiger partial charge < -0.3 is 24.2 Å². The quantitative estimate of drug-likeness (QED) is 0.224. The lowest BCUT2D eigenvalue weighted by Gasteiger charge is -2.18. The zero-order valence-corrected chi connectivity index (χ0v) is 19.4. The Balaban J connectivity index is 1.99. The van der Waals surface area contributed by atoms with Gasteiger partial charge in [0.2, 0.25) is 0 Å². The molecule has 178 valence electrons. The number of methoxy groups -OCH3 is 3. The third-order valence-corrected chi connectivity index (χ3v) is 5.55. The van der Waals surface area contributed by atoms with E-state index in [0.717, 1.165) is 5.56 Å². The lowest BCUT2D eigenvalue weighted by Crippen LogP contribution is -2.23. The Morgan fingerprint density at radius 1 is 0.857 bits per heavy atom. The van der Waals surface area contributed by atoms with Gasteiger partial charge in [0.05, 0.1) is 32.5 Å². The van der Waals surface area contributed by atoms with Crippen LogP contribution in [0, 0.1) is 5.21 Å². The van der Waals surface area contributed by atoms with Gasteiger partial charge in [-0.25, -0.2) is 9.59 Å². The summed E-state index contributed by atoms with van der Waals surface area (Å²) in [5.74, 6) is -0.525. The Kier molecular flexibility index (Phi) is 6.82. The number of carbonyl (C=O) groups excluding carboxylic acids is 2. The molecule has 0 atom stereocenters. The highest BCUT2D eigenvalue weighted by atomic mass is 16.5. The van der Waals surface area contributed by atoms with E-state index in [9.17, 15) is 14.8 Å². The zero-order chi connectivity index (χ0) is 24.9. The second kappa shape index (κ2) is 10.1. The number of nitrogens with zero attached hydrogens (tertiary/aromatic N) is 1. The number of ether oxygens (including phenoxy) is 4. The Morgan fingerprint density at radius 2 is 1.54 bits per heavy atom. The van der Waals surface area contributed by atoms with Crippen LogP contribution in [0.2, 0.25) is 0 Å². The Labute approximate surface area is 201 Å². The van der Waals surface area contributed by atoms with Gasteiger partial charge in [-0.3, -0.25) is 0 Å². The summed E-state index contributed by atoms with van der Waals surface area (Å²) in [4.78, 5) is 25.6. The molecule has 0 saturated carbocycles. The Morgan fingerprint density at radius 3 is 2.17 bits per heavy atom. The van der Waals surface area contributed by atoms with Crippen LogP contribution in [0.1, 0.15) is 26.3 Å². The maximum atomic E-state index is 12.9. The van der Waals surface area contributed by atoms with Gasteiger partial charge in [-0.1, -0.05) is 30.3 Å².